The number of aromatic nitrogens is 2. The molecule has 5 heteroatoms. The molecule has 5 nitrogen and oxygen atoms in total. The highest BCUT2D eigenvalue weighted by Gasteiger charge is 2.23. The Morgan fingerprint density at radius 1 is 1.55 bits per heavy atom. The number of hydrogen-bond acceptors (Lipinski definition) is 3. The molecule has 106 valence electrons. The van der Waals surface area contributed by atoms with E-state index in [0.717, 1.165) is 12.2 Å². The van der Waals surface area contributed by atoms with Gasteiger partial charge in [0.05, 0.1) is 6.26 Å². The van der Waals surface area contributed by atoms with Gasteiger partial charge in [0, 0.05) is 30.9 Å². The molecule has 2 aromatic rings. The molecule has 1 aliphatic carbocycles. The third kappa shape index (κ3) is 2.48. The fourth-order valence-corrected chi connectivity index (χ4v) is 2.61. The van der Waals surface area contributed by atoms with Gasteiger partial charge in [-0.05, 0) is 38.3 Å². The van der Waals surface area contributed by atoms with Crippen LogP contribution in [0.5, 0.6) is 0 Å². The van der Waals surface area contributed by atoms with Crippen LogP contribution in [0, 0.1) is 6.92 Å². The van der Waals surface area contributed by atoms with Crippen LogP contribution in [0.25, 0.3) is 0 Å². The Balaban J connectivity index is 1.57. The third-order valence-corrected chi connectivity index (χ3v) is 3.88. The van der Waals surface area contributed by atoms with E-state index in [2.05, 4.69) is 21.8 Å². The minimum Gasteiger partial charge on any atom is -0.459 e. The number of carbonyl (C=O) groups excluding carboxylic acids is 1. The molecule has 0 saturated heterocycles. The third-order valence-electron chi connectivity index (χ3n) is 3.88. The van der Waals surface area contributed by atoms with Gasteiger partial charge in [0.1, 0.15) is 5.82 Å². The number of carbonyl (C=O) groups is 1. The quantitative estimate of drug-likeness (QED) is 0.910. The van der Waals surface area contributed by atoms with E-state index in [1.165, 1.54) is 31.2 Å². The second kappa shape index (κ2) is 5.53. The summed E-state index contributed by atoms with van der Waals surface area (Å²) in [4.78, 5) is 16.2. The second-order valence-electron chi connectivity index (χ2n) is 5.25. The molecule has 0 aromatic carbocycles. The Bertz CT molecular complexity index is 582. The zero-order valence-electron chi connectivity index (χ0n) is 11.6. The molecule has 0 atom stereocenters. The summed E-state index contributed by atoms with van der Waals surface area (Å²) >= 11 is 0. The number of furan rings is 1. The Morgan fingerprint density at radius 3 is 3.05 bits per heavy atom. The van der Waals surface area contributed by atoms with Crippen LogP contribution in [-0.2, 0) is 6.42 Å². The summed E-state index contributed by atoms with van der Waals surface area (Å²) < 4.78 is 7.38. The summed E-state index contributed by atoms with van der Waals surface area (Å²) in [7, 11) is 0. The highest BCUT2D eigenvalue weighted by Crippen LogP contribution is 2.33. The Kier molecular flexibility index (Phi) is 3.58. The highest BCUT2D eigenvalue weighted by atomic mass is 16.3. The topological polar surface area (TPSA) is 60.1 Å². The molecular formula is C15H19N3O2. The van der Waals surface area contributed by atoms with Crippen molar-refractivity contribution in [3.05, 3.63) is 41.9 Å². The number of nitrogens with zero attached hydrogens (tertiary/aromatic N) is 2. The molecule has 0 spiro atoms. The van der Waals surface area contributed by atoms with Crippen LogP contribution < -0.4 is 5.32 Å². The molecule has 1 saturated carbocycles. The standard InChI is InChI=1S/C15H19N3O2/c1-11-10-17-14(18(11)12-4-2-5-12)7-8-16-15(19)13-6-3-9-20-13/h3,6,9-10,12H,2,4-5,7-8H2,1H3,(H,16,19). The predicted octanol–water partition coefficient (Wildman–Crippen LogP) is 2.48. The first-order valence-electron chi connectivity index (χ1n) is 7.10. The van der Waals surface area contributed by atoms with E-state index in [1.807, 2.05) is 6.20 Å². The van der Waals surface area contributed by atoms with Crippen LogP contribution in [0.4, 0.5) is 0 Å². The minimum atomic E-state index is -0.173. The van der Waals surface area contributed by atoms with E-state index in [0.29, 0.717) is 18.3 Å². The molecular weight excluding hydrogens is 254 g/mol. The minimum absolute atomic E-state index is 0.173. The maximum atomic E-state index is 11.8. The van der Waals surface area contributed by atoms with Gasteiger partial charge in [0.2, 0.25) is 0 Å². The smallest absolute Gasteiger partial charge is 0.286 e. The average molecular weight is 273 g/mol. The summed E-state index contributed by atoms with van der Waals surface area (Å²) in [6.07, 6.45) is 7.95. The molecule has 0 bridgehead atoms. The number of aryl methyl sites for hydroxylation is 1. The van der Waals surface area contributed by atoms with Crippen LogP contribution in [0.1, 0.15) is 47.4 Å². The highest BCUT2D eigenvalue weighted by molar-refractivity contribution is 5.91. The maximum Gasteiger partial charge on any atom is 0.286 e. The van der Waals surface area contributed by atoms with E-state index in [9.17, 15) is 4.79 Å². The van der Waals surface area contributed by atoms with Crippen LogP contribution in [0.15, 0.2) is 29.0 Å². The normalized spacial score (nSPS) is 15.1. The zero-order valence-corrected chi connectivity index (χ0v) is 11.6. The van der Waals surface area contributed by atoms with E-state index >= 15 is 0 Å². The van der Waals surface area contributed by atoms with Gasteiger partial charge >= 0.3 is 0 Å². The first kappa shape index (κ1) is 13.0. The second-order valence-corrected chi connectivity index (χ2v) is 5.25. The van der Waals surface area contributed by atoms with E-state index < -0.39 is 0 Å². The summed E-state index contributed by atoms with van der Waals surface area (Å²) in [5, 5.41) is 2.86. The van der Waals surface area contributed by atoms with Crippen LogP contribution in [0.3, 0.4) is 0 Å². The molecule has 2 heterocycles. The fourth-order valence-electron chi connectivity index (χ4n) is 2.61. The van der Waals surface area contributed by atoms with Gasteiger partial charge in [0.25, 0.3) is 5.91 Å². The van der Waals surface area contributed by atoms with E-state index in [1.54, 1.807) is 12.1 Å². The predicted molar refractivity (Wildman–Crippen MR) is 74.6 cm³/mol. The summed E-state index contributed by atoms with van der Waals surface area (Å²) in [5.74, 6) is 1.24. The average Bonchev–Trinajstić information content (AvgIpc) is 3.00. The monoisotopic (exact) mass is 273 g/mol. The lowest BCUT2D eigenvalue weighted by Crippen LogP contribution is -2.27. The molecule has 0 radical (unpaired) electrons. The Hall–Kier alpha value is -2.04. The molecule has 0 unspecified atom stereocenters. The van der Waals surface area contributed by atoms with Crippen LogP contribution in [0.2, 0.25) is 0 Å². The molecule has 1 N–H and O–H groups in total. The van der Waals surface area contributed by atoms with Crippen LogP contribution in [-0.4, -0.2) is 22.0 Å². The number of rotatable bonds is 5. The zero-order chi connectivity index (χ0) is 13.9. The molecule has 0 aliphatic heterocycles. The van der Waals surface area contributed by atoms with Gasteiger partial charge in [0.15, 0.2) is 5.76 Å². The van der Waals surface area contributed by atoms with Gasteiger partial charge in [-0.3, -0.25) is 4.79 Å². The van der Waals surface area contributed by atoms with Crippen LogP contribution >= 0.6 is 0 Å². The van der Waals surface area contributed by atoms with Gasteiger partial charge in [-0.15, -0.1) is 0 Å². The molecule has 2 aromatic heterocycles. The maximum absolute atomic E-state index is 11.8. The molecule has 1 aliphatic rings. The molecule has 3 rings (SSSR count). The number of nitrogens with one attached hydrogen (secondary N) is 1. The molecule has 1 fully saturated rings. The lowest BCUT2D eigenvalue weighted by atomic mass is 9.92. The van der Waals surface area contributed by atoms with Crippen molar-refractivity contribution in [3.63, 3.8) is 0 Å². The Morgan fingerprint density at radius 2 is 2.40 bits per heavy atom. The van der Waals surface area contributed by atoms with Crippen molar-refractivity contribution in [1.29, 1.82) is 0 Å². The summed E-state index contributed by atoms with van der Waals surface area (Å²) in [5.41, 5.74) is 1.21. The fraction of sp³-hybridized carbons (Fsp3) is 0.467. The van der Waals surface area contributed by atoms with Gasteiger partial charge in [-0.1, -0.05) is 0 Å². The lowest BCUT2D eigenvalue weighted by molar-refractivity contribution is 0.0926. The first-order valence-corrected chi connectivity index (χ1v) is 7.10. The van der Waals surface area contributed by atoms with Crippen molar-refractivity contribution in [2.75, 3.05) is 6.54 Å². The molecule has 20 heavy (non-hydrogen) atoms. The summed E-state index contributed by atoms with van der Waals surface area (Å²) in [6.45, 7) is 2.67. The van der Waals surface area contributed by atoms with Crippen molar-refractivity contribution >= 4 is 5.91 Å². The number of amides is 1. The summed E-state index contributed by atoms with van der Waals surface area (Å²) in [6, 6.07) is 3.98. The lowest BCUT2D eigenvalue weighted by Gasteiger charge is -2.29. The largest absolute Gasteiger partial charge is 0.459 e. The first-order chi connectivity index (χ1) is 9.75. The van der Waals surface area contributed by atoms with E-state index in [4.69, 9.17) is 4.42 Å². The number of imidazole rings is 1. The van der Waals surface area contributed by atoms with Gasteiger partial charge in [-0.2, -0.15) is 0 Å². The van der Waals surface area contributed by atoms with Crippen molar-refractivity contribution in [1.82, 2.24) is 14.9 Å². The number of hydrogen-bond donors (Lipinski definition) is 1. The molecule has 1 amide bonds. The van der Waals surface area contributed by atoms with Crippen molar-refractivity contribution in [3.8, 4) is 0 Å². The Labute approximate surface area is 118 Å². The van der Waals surface area contributed by atoms with Gasteiger partial charge in [-0.25, -0.2) is 4.98 Å². The van der Waals surface area contributed by atoms with E-state index in [-0.39, 0.29) is 5.91 Å². The van der Waals surface area contributed by atoms with Crippen molar-refractivity contribution in [2.24, 2.45) is 0 Å². The van der Waals surface area contributed by atoms with Crippen molar-refractivity contribution in [2.45, 2.75) is 38.6 Å². The SMILES string of the molecule is Cc1cnc(CCNC(=O)c2ccco2)n1C1CCC1. The van der Waals surface area contributed by atoms with Crippen molar-refractivity contribution < 1.29 is 9.21 Å². The van der Waals surface area contributed by atoms with Gasteiger partial charge < -0.3 is 14.3 Å².